The third-order valence-corrected chi connectivity index (χ3v) is 4.02. The van der Waals surface area contributed by atoms with E-state index in [1.807, 2.05) is 42.1 Å². The van der Waals surface area contributed by atoms with Crippen molar-refractivity contribution in [3.05, 3.63) is 64.5 Å². The summed E-state index contributed by atoms with van der Waals surface area (Å²) in [4.78, 5) is 28.0. The smallest absolute Gasteiger partial charge is 0.253 e. The number of para-hydroxylation sites is 1. The minimum atomic E-state index is -0.106. The first-order valence-corrected chi connectivity index (χ1v) is 7.87. The second-order valence-electron chi connectivity index (χ2n) is 5.87. The first-order valence-electron chi connectivity index (χ1n) is 7.87. The summed E-state index contributed by atoms with van der Waals surface area (Å²) in [5.41, 5.74) is 2.69. The van der Waals surface area contributed by atoms with Crippen LogP contribution in [0.4, 0.5) is 0 Å². The van der Waals surface area contributed by atoms with Crippen molar-refractivity contribution < 1.29 is 4.79 Å². The van der Waals surface area contributed by atoms with E-state index in [9.17, 15) is 9.59 Å². The fourth-order valence-electron chi connectivity index (χ4n) is 2.80. The highest BCUT2D eigenvalue weighted by Gasteiger charge is 2.10. The zero-order valence-corrected chi connectivity index (χ0v) is 13.8. The lowest BCUT2D eigenvalue weighted by atomic mass is 10.1. The van der Waals surface area contributed by atoms with Gasteiger partial charge >= 0.3 is 0 Å². The van der Waals surface area contributed by atoms with Gasteiger partial charge < -0.3 is 9.88 Å². The number of nitrogens with zero attached hydrogens (tertiary/aromatic N) is 3. The highest BCUT2D eigenvalue weighted by atomic mass is 16.1. The number of benzene rings is 1. The number of aryl methyl sites for hydroxylation is 2. The number of nitrogens with one attached hydrogen (secondary N) is 1. The topological polar surface area (TPSA) is 68.9 Å². The number of carbonyl (C=O) groups is 1. The van der Waals surface area contributed by atoms with Gasteiger partial charge in [0.05, 0.1) is 12.7 Å². The molecule has 0 atom stereocenters. The van der Waals surface area contributed by atoms with E-state index in [1.54, 1.807) is 6.92 Å². The molecule has 24 heavy (non-hydrogen) atoms. The van der Waals surface area contributed by atoms with Gasteiger partial charge in [-0.25, -0.2) is 4.98 Å². The van der Waals surface area contributed by atoms with Crippen molar-refractivity contribution in [2.75, 3.05) is 6.54 Å². The first kappa shape index (κ1) is 16.0. The van der Waals surface area contributed by atoms with Gasteiger partial charge in [-0.3, -0.25) is 14.2 Å². The second kappa shape index (κ2) is 6.70. The van der Waals surface area contributed by atoms with Crippen LogP contribution in [0.3, 0.4) is 0 Å². The fourth-order valence-corrected chi connectivity index (χ4v) is 2.80. The molecule has 0 spiro atoms. The Morgan fingerprint density at radius 2 is 2.08 bits per heavy atom. The van der Waals surface area contributed by atoms with Gasteiger partial charge in [-0.15, -0.1) is 0 Å². The molecular weight excluding hydrogens is 304 g/mol. The molecule has 0 saturated carbocycles. The monoisotopic (exact) mass is 324 g/mol. The molecule has 3 aromatic rings. The quantitative estimate of drug-likeness (QED) is 0.771. The molecule has 0 fully saturated rings. The molecule has 1 N–H and O–H groups in total. The van der Waals surface area contributed by atoms with Crippen molar-refractivity contribution in [2.24, 2.45) is 7.05 Å². The molecule has 1 amide bonds. The normalized spacial score (nSPS) is 10.9. The summed E-state index contributed by atoms with van der Waals surface area (Å²) in [6.07, 6.45) is 3.82. The minimum Gasteiger partial charge on any atom is -0.354 e. The number of fused-ring (bicyclic) bond motifs is 1. The second-order valence-corrected chi connectivity index (χ2v) is 5.87. The number of rotatable bonds is 5. The van der Waals surface area contributed by atoms with E-state index in [2.05, 4.69) is 10.3 Å². The van der Waals surface area contributed by atoms with E-state index in [-0.39, 0.29) is 11.5 Å². The molecule has 0 aliphatic carbocycles. The number of hydrogen-bond acceptors (Lipinski definition) is 3. The van der Waals surface area contributed by atoms with Crippen LogP contribution in [0.15, 0.2) is 47.7 Å². The number of amides is 1. The third-order valence-electron chi connectivity index (χ3n) is 4.02. The number of aromatic nitrogens is 3. The Hall–Kier alpha value is -2.89. The zero-order valence-electron chi connectivity index (χ0n) is 13.8. The molecule has 2 heterocycles. The molecule has 6 nitrogen and oxygen atoms in total. The Balaban J connectivity index is 1.60. The Morgan fingerprint density at radius 3 is 2.88 bits per heavy atom. The van der Waals surface area contributed by atoms with Gasteiger partial charge in [0.1, 0.15) is 0 Å². The van der Waals surface area contributed by atoms with Crippen LogP contribution in [0.25, 0.3) is 10.9 Å². The molecule has 3 rings (SSSR count). The summed E-state index contributed by atoms with van der Waals surface area (Å²) in [6, 6.07) is 9.50. The predicted octanol–water partition coefficient (Wildman–Crippen LogP) is 1.40. The van der Waals surface area contributed by atoms with Gasteiger partial charge in [-0.05, 0) is 18.6 Å². The van der Waals surface area contributed by atoms with E-state index in [0.29, 0.717) is 25.2 Å². The summed E-state index contributed by atoms with van der Waals surface area (Å²) in [7, 11) is 1.97. The molecule has 124 valence electrons. The van der Waals surface area contributed by atoms with Crippen LogP contribution in [0.1, 0.15) is 11.3 Å². The summed E-state index contributed by atoms with van der Waals surface area (Å²) < 4.78 is 3.51. The maximum atomic E-state index is 12.2. The number of hydrogen-bond donors (Lipinski definition) is 1. The summed E-state index contributed by atoms with van der Waals surface area (Å²) in [5.74, 6) is -0.0560. The zero-order chi connectivity index (χ0) is 17.1. The molecule has 0 bridgehead atoms. The molecule has 0 radical (unpaired) electrons. The molecule has 6 heteroatoms. The Morgan fingerprint density at radius 1 is 1.29 bits per heavy atom. The Labute approximate surface area is 139 Å². The van der Waals surface area contributed by atoms with Gasteiger partial charge in [-0.2, -0.15) is 0 Å². The van der Waals surface area contributed by atoms with Crippen molar-refractivity contribution in [3.63, 3.8) is 0 Å². The Bertz CT molecular complexity index is 940. The van der Waals surface area contributed by atoms with E-state index in [1.165, 1.54) is 17.0 Å². The van der Waals surface area contributed by atoms with E-state index in [0.717, 1.165) is 16.5 Å². The maximum Gasteiger partial charge on any atom is 0.253 e. The van der Waals surface area contributed by atoms with Gasteiger partial charge in [0.2, 0.25) is 5.91 Å². The van der Waals surface area contributed by atoms with Crippen LogP contribution < -0.4 is 10.9 Å². The highest BCUT2D eigenvalue weighted by Crippen LogP contribution is 2.20. The molecule has 2 aromatic heterocycles. The van der Waals surface area contributed by atoms with Crippen LogP contribution >= 0.6 is 0 Å². The van der Waals surface area contributed by atoms with Crippen molar-refractivity contribution >= 4 is 16.8 Å². The van der Waals surface area contributed by atoms with Gasteiger partial charge in [-0.1, -0.05) is 18.2 Å². The molecule has 1 aromatic carbocycles. The molecule has 0 aliphatic rings. The van der Waals surface area contributed by atoms with Crippen LogP contribution in [-0.4, -0.2) is 26.6 Å². The standard InChI is InChI=1S/C18H20N4O2/c1-13-9-18(24)22(12-20-13)8-7-19-17(23)10-14-11-21(2)16-6-4-3-5-15(14)16/h3-6,9,11-12H,7-8,10H2,1-2H3,(H,19,23). The van der Waals surface area contributed by atoms with E-state index >= 15 is 0 Å². The molecular formula is C18H20N4O2. The van der Waals surface area contributed by atoms with Crippen LogP contribution in [0, 0.1) is 6.92 Å². The number of carbonyl (C=O) groups excluding carboxylic acids is 1. The first-order chi connectivity index (χ1) is 11.5. The van der Waals surface area contributed by atoms with Crippen molar-refractivity contribution in [3.8, 4) is 0 Å². The lowest BCUT2D eigenvalue weighted by Crippen LogP contribution is -2.31. The third kappa shape index (κ3) is 3.37. The van der Waals surface area contributed by atoms with Crippen molar-refractivity contribution in [1.82, 2.24) is 19.4 Å². The SMILES string of the molecule is Cc1cc(=O)n(CCNC(=O)Cc2cn(C)c3ccccc23)cn1. The van der Waals surface area contributed by atoms with Crippen molar-refractivity contribution in [1.29, 1.82) is 0 Å². The van der Waals surface area contributed by atoms with E-state index < -0.39 is 0 Å². The van der Waals surface area contributed by atoms with Crippen LogP contribution in [0.5, 0.6) is 0 Å². The van der Waals surface area contributed by atoms with Crippen LogP contribution in [-0.2, 0) is 24.8 Å². The van der Waals surface area contributed by atoms with Crippen LogP contribution in [0.2, 0.25) is 0 Å². The molecule has 0 saturated heterocycles. The maximum absolute atomic E-state index is 12.2. The van der Waals surface area contributed by atoms with Crippen molar-refractivity contribution in [2.45, 2.75) is 19.9 Å². The molecule has 0 unspecified atom stereocenters. The summed E-state index contributed by atoms with van der Waals surface area (Å²) >= 11 is 0. The van der Waals surface area contributed by atoms with Gasteiger partial charge in [0.15, 0.2) is 0 Å². The fraction of sp³-hybridized carbons (Fsp3) is 0.278. The lowest BCUT2D eigenvalue weighted by Gasteiger charge is -2.07. The minimum absolute atomic E-state index is 0.0560. The average Bonchev–Trinajstić information content (AvgIpc) is 2.86. The average molecular weight is 324 g/mol. The van der Waals surface area contributed by atoms with E-state index in [4.69, 9.17) is 0 Å². The Kier molecular flexibility index (Phi) is 4.46. The highest BCUT2D eigenvalue weighted by molar-refractivity contribution is 5.89. The predicted molar refractivity (Wildman–Crippen MR) is 92.9 cm³/mol. The van der Waals surface area contributed by atoms with Gasteiger partial charge in [0.25, 0.3) is 5.56 Å². The summed E-state index contributed by atoms with van der Waals surface area (Å²) in [6.45, 7) is 2.58. The lowest BCUT2D eigenvalue weighted by molar-refractivity contribution is -0.120. The summed E-state index contributed by atoms with van der Waals surface area (Å²) in [5, 5.41) is 3.95. The molecule has 0 aliphatic heterocycles. The van der Waals surface area contributed by atoms with Gasteiger partial charge in [0, 0.05) is 49.0 Å². The largest absolute Gasteiger partial charge is 0.354 e.